The predicted octanol–water partition coefficient (Wildman–Crippen LogP) is 3.98. The number of fused-ring (bicyclic) bond motifs is 1. The molecular weight excluding hydrogens is 218 g/mol. The minimum absolute atomic E-state index is 0.858. The minimum atomic E-state index is 0.858. The van der Waals surface area contributed by atoms with Gasteiger partial charge in [-0.05, 0) is 24.3 Å². The molecule has 0 bridgehead atoms. The van der Waals surface area contributed by atoms with Gasteiger partial charge in [0.2, 0.25) is 0 Å². The van der Waals surface area contributed by atoms with Gasteiger partial charge in [0.25, 0.3) is 0 Å². The number of hydrogen-bond donors (Lipinski definition) is 0. The van der Waals surface area contributed by atoms with Crippen LogP contribution in [-0.4, -0.2) is 4.98 Å². The summed E-state index contributed by atoms with van der Waals surface area (Å²) in [4.78, 5) is 5.51. The van der Waals surface area contributed by atoms with Crippen molar-refractivity contribution in [3.05, 3.63) is 54.9 Å². The monoisotopic (exact) mass is 227 g/mol. The molecule has 1 aromatic carbocycles. The van der Waals surface area contributed by atoms with Gasteiger partial charge in [-0.2, -0.15) is 0 Å². The maximum absolute atomic E-state index is 5.44. The van der Waals surface area contributed by atoms with Crippen LogP contribution in [0.3, 0.4) is 0 Å². The zero-order valence-electron chi connectivity index (χ0n) is 8.46. The quantitative estimate of drug-likeness (QED) is 0.662. The molecule has 0 fully saturated rings. The number of aromatic nitrogens is 1. The highest BCUT2D eigenvalue weighted by atomic mass is 32.2. The van der Waals surface area contributed by atoms with E-state index in [-0.39, 0.29) is 0 Å². The minimum Gasteiger partial charge on any atom is -0.461 e. The van der Waals surface area contributed by atoms with Crippen LogP contribution in [0.2, 0.25) is 0 Å². The molecule has 0 aliphatic heterocycles. The van der Waals surface area contributed by atoms with E-state index < -0.39 is 0 Å². The third-order valence-electron chi connectivity index (χ3n) is 2.29. The highest BCUT2D eigenvalue weighted by Gasteiger charge is 2.06. The first kappa shape index (κ1) is 9.48. The first-order valence-electron chi connectivity index (χ1n) is 4.98. The lowest BCUT2D eigenvalue weighted by atomic mass is 10.3. The van der Waals surface area contributed by atoms with E-state index in [0.717, 1.165) is 16.0 Å². The first-order chi connectivity index (χ1) is 7.93. The first-order valence-corrected chi connectivity index (χ1v) is 5.80. The van der Waals surface area contributed by atoms with E-state index in [2.05, 4.69) is 17.1 Å². The van der Waals surface area contributed by atoms with Crippen molar-refractivity contribution in [3.63, 3.8) is 0 Å². The molecule has 0 radical (unpaired) electrons. The molecule has 0 amide bonds. The van der Waals surface area contributed by atoms with Crippen molar-refractivity contribution in [2.24, 2.45) is 0 Å². The van der Waals surface area contributed by atoms with Crippen LogP contribution in [0.4, 0.5) is 0 Å². The Morgan fingerprint density at radius 3 is 2.75 bits per heavy atom. The Bertz CT molecular complexity index is 603. The maximum Gasteiger partial charge on any atom is 0.166 e. The summed E-state index contributed by atoms with van der Waals surface area (Å²) in [5.74, 6) is 0. The molecule has 3 heteroatoms. The summed E-state index contributed by atoms with van der Waals surface area (Å²) in [6.07, 6.45) is 3.50. The van der Waals surface area contributed by atoms with Crippen LogP contribution >= 0.6 is 11.8 Å². The molecule has 0 saturated heterocycles. The normalized spacial score (nSPS) is 10.8. The highest BCUT2D eigenvalue weighted by Crippen LogP contribution is 2.31. The molecule has 0 saturated carbocycles. The third-order valence-corrected chi connectivity index (χ3v) is 3.29. The van der Waals surface area contributed by atoms with Crippen LogP contribution in [0.25, 0.3) is 11.0 Å². The molecule has 0 aliphatic carbocycles. The Morgan fingerprint density at radius 1 is 1.00 bits per heavy atom. The van der Waals surface area contributed by atoms with E-state index in [4.69, 9.17) is 4.42 Å². The molecule has 2 heterocycles. The third kappa shape index (κ3) is 1.70. The van der Waals surface area contributed by atoms with Crippen molar-refractivity contribution >= 4 is 22.7 Å². The fourth-order valence-electron chi connectivity index (χ4n) is 1.54. The van der Waals surface area contributed by atoms with E-state index in [0.29, 0.717) is 0 Å². The summed E-state index contributed by atoms with van der Waals surface area (Å²) in [5, 5.41) is 2.00. The average molecular weight is 227 g/mol. The Morgan fingerprint density at radius 2 is 1.88 bits per heavy atom. The average Bonchev–Trinajstić information content (AvgIpc) is 2.80. The number of benzene rings is 1. The van der Waals surface area contributed by atoms with Crippen molar-refractivity contribution in [1.82, 2.24) is 4.98 Å². The van der Waals surface area contributed by atoms with E-state index >= 15 is 0 Å². The molecule has 3 aromatic rings. The van der Waals surface area contributed by atoms with Crippen LogP contribution in [0.15, 0.2) is 69.3 Å². The van der Waals surface area contributed by atoms with Gasteiger partial charge in [0.05, 0.1) is 6.26 Å². The Hall–Kier alpha value is -1.74. The van der Waals surface area contributed by atoms with Crippen molar-refractivity contribution < 1.29 is 4.42 Å². The standard InChI is InChI=1S/C13H9NOS/c1-2-4-11(5-3-1)16-13-12-10(6-8-14-13)7-9-15-12/h1-9H. The molecule has 2 aromatic heterocycles. The molecule has 0 aliphatic rings. The van der Waals surface area contributed by atoms with Crippen molar-refractivity contribution in [3.8, 4) is 0 Å². The van der Waals surface area contributed by atoms with Gasteiger partial charge in [-0.25, -0.2) is 4.98 Å². The molecule has 0 atom stereocenters. The van der Waals surface area contributed by atoms with Crippen LogP contribution in [0.5, 0.6) is 0 Å². The van der Waals surface area contributed by atoms with E-state index in [1.165, 1.54) is 4.90 Å². The van der Waals surface area contributed by atoms with Crippen LogP contribution in [0, 0.1) is 0 Å². The second kappa shape index (κ2) is 4.02. The van der Waals surface area contributed by atoms with Crippen LogP contribution in [0.1, 0.15) is 0 Å². The maximum atomic E-state index is 5.44. The van der Waals surface area contributed by atoms with Gasteiger partial charge >= 0.3 is 0 Å². The molecule has 16 heavy (non-hydrogen) atoms. The van der Waals surface area contributed by atoms with Gasteiger partial charge in [0.15, 0.2) is 5.58 Å². The summed E-state index contributed by atoms with van der Waals surface area (Å²) < 4.78 is 5.44. The lowest BCUT2D eigenvalue weighted by Gasteiger charge is -2.00. The largest absolute Gasteiger partial charge is 0.461 e. The van der Waals surface area contributed by atoms with E-state index in [1.54, 1.807) is 18.0 Å². The molecule has 3 rings (SSSR count). The van der Waals surface area contributed by atoms with Crippen molar-refractivity contribution in [2.75, 3.05) is 0 Å². The highest BCUT2D eigenvalue weighted by molar-refractivity contribution is 7.99. The molecule has 2 nitrogen and oxygen atoms in total. The lowest BCUT2D eigenvalue weighted by molar-refractivity contribution is 0.604. The summed E-state index contributed by atoms with van der Waals surface area (Å²) >= 11 is 1.62. The van der Waals surface area contributed by atoms with Gasteiger partial charge in [-0.3, -0.25) is 0 Å². The zero-order valence-corrected chi connectivity index (χ0v) is 9.28. The van der Waals surface area contributed by atoms with Gasteiger partial charge < -0.3 is 4.42 Å². The second-order valence-corrected chi connectivity index (χ2v) is 4.43. The van der Waals surface area contributed by atoms with E-state index in [9.17, 15) is 0 Å². The molecule has 0 spiro atoms. The molecule has 78 valence electrons. The van der Waals surface area contributed by atoms with Crippen LogP contribution in [-0.2, 0) is 0 Å². The number of pyridine rings is 1. The van der Waals surface area contributed by atoms with Gasteiger partial charge in [-0.15, -0.1) is 0 Å². The fourth-order valence-corrected chi connectivity index (χ4v) is 2.43. The summed E-state index contributed by atoms with van der Waals surface area (Å²) in [6.45, 7) is 0. The van der Waals surface area contributed by atoms with Gasteiger partial charge in [-0.1, -0.05) is 30.0 Å². The summed E-state index contributed by atoms with van der Waals surface area (Å²) in [6, 6.07) is 14.1. The van der Waals surface area contributed by atoms with Crippen molar-refractivity contribution in [2.45, 2.75) is 9.92 Å². The smallest absolute Gasteiger partial charge is 0.166 e. The zero-order chi connectivity index (χ0) is 10.8. The van der Waals surface area contributed by atoms with E-state index in [1.807, 2.05) is 36.5 Å². The summed E-state index contributed by atoms with van der Waals surface area (Å²) in [5.41, 5.74) is 0.858. The molecular formula is C13H9NOS. The fraction of sp³-hybridized carbons (Fsp3) is 0. The number of hydrogen-bond acceptors (Lipinski definition) is 3. The topological polar surface area (TPSA) is 26.0 Å². The predicted molar refractivity (Wildman–Crippen MR) is 64.6 cm³/mol. The molecule has 0 unspecified atom stereocenters. The summed E-state index contributed by atoms with van der Waals surface area (Å²) in [7, 11) is 0. The van der Waals surface area contributed by atoms with Crippen molar-refractivity contribution in [1.29, 1.82) is 0 Å². The number of rotatable bonds is 2. The van der Waals surface area contributed by atoms with Gasteiger partial charge in [0.1, 0.15) is 5.03 Å². The SMILES string of the molecule is c1ccc(Sc2nccc3ccoc23)cc1. The molecule has 0 N–H and O–H groups in total. The lowest BCUT2D eigenvalue weighted by Crippen LogP contribution is -1.79. The van der Waals surface area contributed by atoms with Crippen LogP contribution < -0.4 is 0 Å². The van der Waals surface area contributed by atoms with Gasteiger partial charge in [0, 0.05) is 16.5 Å². The number of furan rings is 1. The second-order valence-electron chi connectivity index (χ2n) is 3.37. The number of nitrogens with zero attached hydrogens (tertiary/aromatic N) is 1. The Balaban J connectivity index is 2.04. The Labute approximate surface area is 97.3 Å². The Kier molecular flexibility index (Phi) is 2.38.